The Morgan fingerprint density at radius 1 is 1.29 bits per heavy atom. The van der Waals surface area contributed by atoms with Gasteiger partial charge in [0.2, 0.25) is 11.8 Å². The first-order valence-electron chi connectivity index (χ1n) is 6.88. The van der Waals surface area contributed by atoms with E-state index < -0.39 is 6.04 Å². The number of nitrogens with zero attached hydrogens (tertiary/aromatic N) is 1. The Kier molecular flexibility index (Phi) is 4.67. The summed E-state index contributed by atoms with van der Waals surface area (Å²) < 4.78 is 11.0. The highest BCUT2D eigenvalue weighted by Crippen LogP contribution is 2.31. The Labute approximate surface area is 124 Å². The third kappa shape index (κ3) is 3.87. The molecule has 0 bridgehead atoms. The first-order valence-corrected chi connectivity index (χ1v) is 6.88. The molecule has 1 aliphatic heterocycles. The Bertz CT molecular complexity index is 544. The smallest absolute Gasteiger partial charge is 0.244 e. The van der Waals surface area contributed by atoms with E-state index in [-0.39, 0.29) is 11.8 Å². The summed E-state index contributed by atoms with van der Waals surface area (Å²) in [4.78, 5) is 24.7. The zero-order chi connectivity index (χ0) is 15.4. The van der Waals surface area contributed by atoms with E-state index in [1.54, 1.807) is 18.9 Å². The molecule has 1 aromatic rings. The standard InChI is InChI=1S/C15H20N2O4/c1-10(16-11(2)18)15(19)17(3)9-12-4-5-13-14(8-12)21-7-6-20-13/h4-5,8,10H,6-7,9H2,1-3H3,(H,16,18). The van der Waals surface area contributed by atoms with E-state index in [1.165, 1.54) is 6.92 Å². The summed E-state index contributed by atoms with van der Waals surface area (Å²) in [5.74, 6) is 1.07. The fourth-order valence-electron chi connectivity index (χ4n) is 2.24. The summed E-state index contributed by atoms with van der Waals surface area (Å²) >= 11 is 0. The molecule has 1 atom stereocenters. The number of amides is 2. The summed E-state index contributed by atoms with van der Waals surface area (Å²) in [6.07, 6.45) is 0. The number of fused-ring (bicyclic) bond motifs is 1. The molecule has 1 unspecified atom stereocenters. The van der Waals surface area contributed by atoms with Crippen molar-refractivity contribution in [1.29, 1.82) is 0 Å². The topological polar surface area (TPSA) is 67.9 Å². The molecule has 1 heterocycles. The van der Waals surface area contributed by atoms with Crippen molar-refractivity contribution in [2.75, 3.05) is 20.3 Å². The largest absolute Gasteiger partial charge is 0.486 e. The lowest BCUT2D eigenvalue weighted by molar-refractivity contribution is -0.134. The van der Waals surface area contributed by atoms with Gasteiger partial charge < -0.3 is 19.7 Å². The minimum Gasteiger partial charge on any atom is -0.486 e. The van der Waals surface area contributed by atoms with Gasteiger partial charge >= 0.3 is 0 Å². The molecule has 2 amide bonds. The van der Waals surface area contributed by atoms with Crippen molar-refractivity contribution >= 4 is 11.8 Å². The van der Waals surface area contributed by atoms with Crippen LogP contribution < -0.4 is 14.8 Å². The average molecular weight is 292 g/mol. The molecule has 6 nitrogen and oxygen atoms in total. The second kappa shape index (κ2) is 6.47. The van der Waals surface area contributed by atoms with E-state index in [4.69, 9.17) is 9.47 Å². The summed E-state index contributed by atoms with van der Waals surface area (Å²) in [6.45, 7) is 4.60. The maximum absolute atomic E-state index is 12.1. The predicted molar refractivity (Wildman–Crippen MR) is 77.2 cm³/mol. The molecule has 6 heteroatoms. The maximum Gasteiger partial charge on any atom is 0.244 e. The molecule has 1 aromatic carbocycles. The van der Waals surface area contributed by atoms with Crippen LogP contribution in [0.2, 0.25) is 0 Å². The van der Waals surface area contributed by atoms with Gasteiger partial charge in [0.05, 0.1) is 0 Å². The van der Waals surface area contributed by atoms with Gasteiger partial charge in [-0.15, -0.1) is 0 Å². The third-order valence-electron chi connectivity index (χ3n) is 3.19. The van der Waals surface area contributed by atoms with E-state index in [2.05, 4.69) is 5.32 Å². The van der Waals surface area contributed by atoms with Crippen LogP contribution in [0.3, 0.4) is 0 Å². The van der Waals surface area contributed by atoms with Crippen molar-refractivity contribution in [3.8, 4) is 11.5 Å². The zero-order valence-electron chi connectivity index (χ0n) is 12.5. The lowest BCUT2D eigenvalue weighted by Crippen LogP contribution is -2.44. The van der Waals surface area contributed by atoms with Gasteiger partial charge in [-0.1, -0.05) is 6.07 Å². The number of benzene rings is 1. The van der Waals surface area contributed by atoms with Crippen molar-refractivity contribution in [3.05, 3.63) is 23.8 Å². The highest BCUT2D eigenvalue weighted by atomic mass is 16.6. The Hall–Kier alpha value is -2.24. The monoisotopic (exact) mass is 292 g/mol. The molecule has 1 aliphatic rings. The highest BCUT2D eigenvalue weighted by Gasteiger charge is 2.19. The SMILES string of the molecule is CC(=O)NC(C)C(=O)N(C)Cc1ccc2c(c1)OCCO2. The minimum atomic E-state index is -0.537. The fourth-order valence-corrected chi connectivity index (χ4v) is 2.24. The number of carbonyl (C=O) groups excluding carboxylic acids is 2. The summed E-state index contributed by atoms with van der Waals surface area (Å²) in [5.41, 5.74) is 0.949. The van der Waals surface area contributed by atoms with Crippen LogP contribution in [-0.4, -0.2) is 43.0 Å². The van der Waals surface area contributed by atoms with Crippen molar-refractivity contribution < 1.29 is 19.1 Å². The summed E-state index contributed by atoms with van der Waals surface area (Å²) in [5, 5.41) is 2.58. The van der Waals surface area contributed by atoms with Crippen LogP contribution in [0, 0.1) is 0 Å². The third-order valence-corrected chi connectivity index (χ3v) is 3.19. The van der Waals surface area contributed by atoms with E-state index >= 15 is 0 Å². The molecule has 0 aromatic heterocycles. The molecule has 21 heavy (non-hydrogen) atoms. The first kappa shape index (κ1) is 15.2. The summed E-state index contributed by atoms with van der Waals surface area (Å²) in [7, 11) is 1.71. The first-order chi connectivity index (χ1) is 9.97. The molecule has 114 valence electrons. The van der Waals surface area contributed by atoms with Crippen molar-refractivity contribution in [2.45, 2.75) is 26.4 Å². The van der Waals surface area contributed by atoms with E-state index in [9.17, 15) is 9.59 Å². The van der Waals surface area contributed by atoms with Crippen LogP contribution in [0.15, 0.2) is 18.2 Å². The van der Waals surface area contributed by atoms with Crippen LogP contribution in [0.25, 0.3) is 0 Å². The number of carbonyl (C=O) groups is 2. The average Bonchev–Trinajstić information content (AvgIpc) is 2.45. The summed E-state index contributed by atoms with van der Waals surface area (Å²) in [6, 6.07) is 5.09. The lowest BCUT2D eigenvalue weighted by Gasteiger charge is -2.23. The van der Waals surface area contributed by atoms with Crippen LogP contribution in [-0.2, 0) is 16.1 Å². The van der Waals surface area contributed by atoms with Crippen LogP contribution in [0.1, 0.15) is 19.4 Å². The normalized spacial score (nSPS) is 14.2. The van der Waals surface area contributed by atoms with Gasteiger partial charge in [0.15, 0.2) is 11.5 Å². The van der Waals surface area contributed by atoms with Gasteiger partial charge in [-0.05, 0) is 24.6 Å². The molecule has 0 aliphatic carbocycles. The number of hydrogen-bond donors (Lipinski definition) is 1. The van der Waals surface area contributed by atoms with Crippen LogP contribution >= 0.6 is 0 Å². The highest BCUT2D eigenvalue weighted by molar-refractivity contribution is 5.86. The molecule has 0 fully saturated rings. The maximum atomic E-state index is 12.1. The molecule has 0 saturated carbocycles. The number of hydrogen-bond acceptors (Lipinski definition) is 4. The minimum absolute atomic E-state index is 0.139. The van der Waals surface area contributed by atoms with Gasteiger partial charge in [0.25, 0.3) is 0 Å². The Morgan fingerprint density at radius 3 is 2.62 bits per heavy atom. The number of rotatable bonds is 4. The zero-order valence-corrected chi connectivity index (χ0v) is 12.5. The fraction of sp³-hybridized carbons (Fsp3) is 0.467. The second-order valence-corrected chi connectivity index (χ2v) is 5.09. The number of nitrogens with one attached hydrogen (secondary N) is 1. The molecule has 1 N–H and O–H groups in total. The predicted octanol–water partition coefficient (Wildman–Crippen LogP) is 0.941. The van der Waals surface area contributed by atoms with Crippen molar-refractivity contribution in [3.63, 3.8) is 0 Å². The Balaban J connectivity index is 2.00. The van der Waals surface area contributed by atoms with E-state index in [0.717, 1.165) is 11.3 Å². The molecular weight excluding hydrogens is 272 g/mol. The lowest BCUT2D eigenvalue weighted by atomic mass is 10.1. The molecule has 0 spiro atoms. The van der Waals surface area contributed by atoms with Gasteiger partial charge in [0.1, 0.15) is 19.3 Å². The van der Waals surface area contributed by atoms with E-state index in [1.807, 2.05) is 18.2 Å². The van der Waals surface area contributed by atoms with Crippen molar-refractivity contribution in [1.82, 2.24) is 10.2 Å². The quantitative estimate of drug-likeness (QED) is 0.897. The van der Waals surface area contributed by atoms with Gasteiger partial charge in [0, 0.05) is 20.5 Å². The molecule has 0 saturated heterocycles. The second-order valence-electron chi connectivity index (χ2n) is 5.09. The van der Waals surface area contributed by atoms with Crippen molar-refractivity contribution in [2.24, 2.45) is 0 Å². The van der Waals surface area contributed by atoms with E-state index in [0.29, 0.717) is 25.5 Å². The van der Waals surface area contributed by atoms with Crippen LogP contribution in [0.4, 0.5) is 0 Å². The van der Waals surface area contributed by atoms with Gasteiger partial charge in [-0.25, -0.2) is 0 Å². The van der Waals surface area contributed by atoms with Gasteiger partial charge in [-0.2, -0.15) is 0 Å². The number of likely N-dealkylation sites (N-methyl/N-ethyl adjacent to an activating group) is 1. The Morgan fingerprint density at radius 2 is 1.95 bits per heavy atom. The van der Waals surface area contributed by atoms with Gasteiger partial charge in [-0.3, -0.25) is 9.59 Å². The molecule has 2 rings (SSSR count). The number of ether oxygens (including phenoxy) is 2. The molecule has 0 radical (unpaired) electrons. The van der Waals surface area contributed by atoms with Crippen LogP contribution in [0.5, 0.6) is 11.5 Å². The molecular formula is C15H20N2O4.